The summed E-state index contributed by atoms with van der Waals surface area (Å²) in [5.74, 6) is 0.0343. The zero-order valence-corrected chi connectivity index (χ0v) is 13.9. The molecule has 0 spiro atoms. The zero-order valence-electron chi connectivity index (χ0n) is 11.7. The van der Waals surface area contributed by atoms with Gasteiger partial charge in [-0.05, 0) is 83.5 Å². The van der Waals surface area contributed by atoms with Gasteiger partial charge in [-0.1, -0.05) is 6.07 Å². The van der Waals surface area contributed by atoms with Crippen LogP contribution in [0.1, 0.15) is 27.0 Å². The van der Waals surface area contributed by atoms with Gasteiger partial charge >= 0.3 is 0 Å². The lowest BCUT2D eigenvalue weighted by atomic mass is 10.1. The summed E-state index contributed by atoms with van der Waals surface area (Å²) in [5.41, 5.74) is 5.44. The standard InChI is InChI=1S/C16H15IN2O2/c1-10-6-12(7-11(2)15(10)20)9-18-19-16(21)13-4-3-5-14(17)8-13/h3-9,20H,1-2H3,(H,19,21)/b18-9+. The third-order valence-corrected chi connectivity index (χ3v) is 3.65. The Hall–Kier alpha value is -1.89. The van der Waals surface area contributed by atoms with E-state index in [2.05, 4.69) is 33.1 Å². The third-order valence-electron chi connectivity index (χ3n) is 2.98. The number of hydrazone groups is 1. The van der Waals surface area contributed by atoms with E-state index in [0.717, 1.165) is 20.3 Å². The molecule has 2 rings (SSSR count). The summed E-state index contributed by atoms with van der Waals surface area (Å²) in [6, 6.07) is 10.9. The SMILES string of the molecule is Cc1cc(/C=N/NC(=O)c2cccc(I)c2)cc(C)c1O. The molecule has 0 saturated carbocycles. The van der Waals surface area contributed by atoms with Crippen molar-refractivity contribution < 1.29 is 9.90 Å². The fourth-order valence-corrected chi connectivity index (χ4v) is 2.47. The zero-order chi connectivity index (χ0) is 15.4. The molecule has 2 N–H and O–H groups in total. The van der Waals surface area contributed by atoms with E-state index in [4.69, 9.17) is 0 Å². The number of nitrogens with one attached hydrogen (secondary N) is 1. The number of hydrogen-bond acceptors (Lipinski definition) is 3. The number of phenolic OH excluding ortho intramolecular Hbond substituents is 1. The molecule has 0 aliphatic rings. The maximum atomic E-state index is 11.9. The molecular formula is C16H15IN2O2. The van der Waals surface area contributed by atoms with Gasteiger partial charge in [-0.2, -0.15) is 5.10 Å². The van der Waals surface area contributed by atoms with Crippen molar-refractivity contribution in [1.29, 1.82) is 0 Å². The number of amides is 1. The van der Waals surface area contributed by atoms with E-state index in [1.54, 1.807) is 18.3 Å². The molecule has 2 aromatic rings. The monoisotopic (exact) mass is 394 g/mol. The predicted molar refractivity (Wildman–Crippen MR) is 91.8 cm³/mol. The number of aromatic hydroxyl groups is 1. The number of hydrogen-bond donors (Lipinski definition) is 2. The largest absolute Gasteiger partial charge is 0.507 e. The lowest BCUT2D eigenvalue weighted by Gasteiger charge is -2.04. The molecule has 21 heavy (non-hydrogen) atoms. The fourth-order valence-electron chi connectivity index (χ4n) is 1.92. The van der Waals surface area contributed by atoms with Gasteiger partial charge in [-0.15, -0.1) is 0 Å². The minimum absolute atomic E-state index is 0.253. The highest BCUT2D eigenvalue weighted by atomic mass is 127. The molecule has 0 fully saturated rings. The molecule has 0 saturated heterocycles. The van der Waals surface area contributed by atoms with Gasteiger partial charge in [0.1, 0.15) is 5.75 Å². The molecule has 0 atom stereocenters. The van der Waals surface area contributed by atoms with E-state index in [1.807, 2.05) is 38.1 Å². The second-order valence-electron chi connectivity index (χ2n) is 4.71. The number of benzene rings is 2. The highest BCUT2D eigenvalue weighted by molar-refractivity contribution is 14.1. The van der Waals surface area contributed by atoms with E-state index >= 15 is 0 Å². The van der Waals surface area contributed by atoms with Crippen LogP contribution in [-0.4, -0.2) is 17.2 Å². The number of carbonyl (C=O) groups is 1. The van der Waals surface area contributed by atoms with Crippen LogP contribution >= 0.6 is 22.6 Å². The van der Waals surface area contributed by atoms with Crippen molar-refractivity contribution in [2.45, 2.75) is 13.8 Å². The summed E-state index contributed by atoms with van der Waals surface area (Å²) < 4.78 is 0.994. The summed E-state index contributed by atoms with van der Waals surface area (Å²) in [4.78, 5) is 11.9. The van der Waals surface area contributed by atoms with Crippen LogP contribution in [0.15, 0.2) is 41.5 Å². The van der Waals surface area contributed by atoms with Gasteiger partial charge in [0.2, 0.25) is 0 Å². The topological polar surface area (TPSA) is 61.7 Å². The molecule has 0 radical (unpaired) electrons. The normalized spacial score (nSPS) is 10.8. The first-order valence-electron chi connectivity index (χ1n) is 6.36. The number of aryl methyl sites for hydroxylation is 2. The molecule has 0 bridgehead atoms. The molecule has 5 heteroatoms. The van der Waals surface area contributed by atoms with E-state index in [9.17, 15) is 9.90 Å². The first-order chi connectivity index (χ1) is 9.97. The number of phenols is 1. The Morgan fingerprint density at radius 3 is 2.52 bits per heavy atom. The van der Waals surface area contributed by atoms with Crippen molar-refractivity contribution >= 4 is 34.7 Å². The molecule has 0 aromatic heterocycles. The first-order valence-corrected chi connectivity index (χ1v) is 7.44. The maximum Gasteiger partial charge on any atom is 0.271 e. The molecule has 0 aliphatic carbocycles. The van der Waals surface area contributed by atoms with E-state index in [1.165, 1.54) is 0 Å². The Morgan fingerprint density at radius 1 is 1.24 bits per heavy atom. The smallest absolute Gasteiger partial charge is 0.271 e. The highest BCUT2D eigenvalue weighted by Crippen LogP contribution is 2.21. The predicted octanol–water partition coefficient (Wildman–Crippen LogP) is 3.38. The molecule has 108 valence electrons. The van der Waals surface area contributed by atoms with Crippen molar-refractivity contribution in [3.8, 4) is 5.75 Å². The van der Waals surface area contributed by atoms with Crippen molar-refractivity contribution in [2.24, 2.45) is 5.10 Å². The van der Waals surface area contributed by atoms with Gasteiger partial charge in [0.15, 0.2) is 0 Å². The Kier molecular flexibility index (Phi) is 4.95. The minimum Gasteiger partial charge on any atom is -0.507 e. The van der Waals surface area contributed by atoms with Crippen LogP contribution in [0.5, 0.6) is 5.75 Å². The van der Waals surface area contributed by atoms with E-state index < -0.39 is 0 Å². The fraction of sp³-hybridized carbons (Fsp3) is 0.125. The highest BCUT2D eigenvalue weighted by Gasteiger charge is 2.04. The van der Waals surface area contributed by atoms with Crippen LogP contribution in [0.3, 0.4) is 0 Å². The number of rotatable bonds is 3. The van der Waals surface area contributed by atoms with Gasteiger partial charge in [-0.3, -0.25) is 4.79 Å². The molecule has 0 unspecified atom stereocenters. The average molecular weight is 394 g/mol. The van der Waals surface area contributed by atoms with Crippen LogP contribution in [0.2, 0.25) is 0 Å². The number of carbonyl (C=O) groups excluding carboxylic acids is 1. The van der Waals surface area contributed by atoms with E-state index in [-0.39, 0.29) is 11.7 Å². The lowest BCUT2D eigenvalue weighted by Crippen LogP contribution is -2.17. The van der Waals surface area contributed by atoms with Crippen LogP contribution in [0, 0.1) is 17.4 Å². The average Bonchev–Trinajstić information content (AvgIpc) is 2.44. The summed E-state index contributed by atoms with van der Waals surface area (Å²) in [7, 11) is 0. The van der Waals surface area contributed by atoms with Crippen molar-refractivity contribution in [2.75, 3.05) is 0 Å². The Balaban J connectivity index is 2.07. The third kappa shape index (κ3) is 4.04. The van der Waals surface area contributed by atoms with Gasteiger partial charge in [0.05, 0.1) is 6.21 Å². The molecule has 0 aliphatic heterocycles. The van der Waals surface area contributed by atoms with Gasteiger partial charge in [-0.25, -0.2) is 5.43 Å². The summed E-state index contributed by atoms with van der Waals surface area (Å²) in [6.07, 6.45) is 1.56. The Bertz CT molecular complexity index is 688. The van der Waals surface area contributed by atoms with Crippen LogP contribution in [-0.2, 0) is 0 Å². The first kappa shape index (κ1) is 15.5. The number of nitrogens with zero attached hydrogens (tertiary/aromatic N) is 1. The summed E-state index contributed by atoms with van der Waals surface area (Å²) in [5, 5.41) is 13.7. The lowest BCUT2D eigenvalue weighted by molar-refractivity contribution is 0.0955. The summed E-state index contributed by atoms with van der Waals surface area (Å²) in [6.45, 7) is 3.65. The molecule has 0 heterocycles. The Labute approximate surface area is 137 Å². The molecular weight excluding hydrogens is 379 g/mol. The van der Waals surface area contributed by atoms with Gasteiger partial charge in [0.25, 0.3) is 5.91 Å². The van der Waals surface area contributed by atoms with Crippen molar-refractivity contribution in [1.82, 2.24) is 5.43 Å². The van der Waals surface area contributed by atoms with Crippen LogP contribution in [0.4, 0.5) is 0 Å². The van der Waals surface area contributed by atoms with Crippen LogP contribution < -0.4 is 5.43 Å². The van der Waals surface area contributed by atoms with Crippen molar-refractivity contribution in [3.63, 3.8) is 0 Å². The minimum atomic E-state index is -0.253. The van der Waals surface area contributed by atoms with E-state index in [0.29, 0.717) is 5.56 Å². The maximum absolute atomic E-state index is 11.9. The van der Waals surface area contributed by atoms with Gasteiger partial charge < -0.3 is 5.11 Å². The summed E-state index contributed by atoms with van der Waals surface area (Å²) >= 11 is 2.15. The second-order valence-corrected chi connectivity index (χ2v) is 5.96. The van der Waals surface area contributed by atoms with Gasteiger partial charge in [0, 0.05) is 9.13 Å². The molecule has 1 amide bonds. The number of halogens is 1. The van der Waals surface area contributed by atoms with Crippen LogP contribution in [0.25, 0.3) is 0 Å². The second kappa shape index (κ2) is 6.71. The van der Waals surface area contributed by atoms with Crippen molar-refractivity contribution in [3.05, 3.63) is 62.2 Å². The molecule has 2 aromatic carbocycles. The Morgan fingerprint density at radius 2 is 1.90 bits per heavy atom. The quantitative estimate of drug-likeness (QED) is 0.477. The molecule has 4 nitrogen and oxygen atoms in total.